The number of benzene rings is 1. The van der Waals surface area contributed by atoms with Crippen molar-refractivity contribution < 1.29 is 9.59 Å². The molecule has 0 fully saturated rings. The number of aromatic nitrogens is 1. The van der Waals surface area contributed by atoms with Crippen molar-refractivity contribution in [1.29, 1.82) is 0 Å². The second-order valence-corrected chi connectivity index (χ2v) is 7.51. The lowest BCUT2D eigenvalue weighted by Gasteiger charge is -2.07. The second-order valence-electron chi connectivity index (χ2n) is 5.27. The van der Waals surface area contributed by atoms with E-state index >= 15 is 0 Å². The molecule has 3 aromatic rings. The van der Waals surface area contributed by atoms with Gasteiger partial charge in [-0.3, -0.25) is 4.79 Å². The summed E-state index contributed by atoms with van der Waals surface area (Å²) in [5.41, 5.74) is 7.17. The van der Waals surface area contributed by atoms with E-state index in [0.29, 0.717) is 11.4 Å². The Morgan fingerprint density at radius 1 is 1.12 bits per heavy atom. The number of thiophene rings is 1. The Morgan fingerprint density at radius 3 is 2.40 bits per heavy atom. The van der Waals surface area contributed by atoms with Gasteiger partial charge in [0.25, 0.3) is 0 Å². The average molecular weight is 372 g/mol. The lowest BCUT2D eigenvalue weighted by Crippen LogP contribution is -2.19. The maximum Gasteiger partial charge on any atom is 0.316 e. The molecule has 6 nitrogen and oxygen atoms in total. The number of anilines is 2. The van der Waals surface area contributed by atoms with Crippen LogP contribution in [-0.2, 0) is 11.2 Å². The molecule has 128 valence electrons. The SMILES string of the molecule is Cc1nc(-c2cccs2)c(CC(=O)Nc2ccc(NC(N)=O)cc2)s1. The van der Waals surface area contributed by atoms with Gasteiger partial charge in [-0.1, -0.05) is 6.07 Å². The van der Waals surface area contributed by atoms with Crippen molar-refractivity contribution in [2.24, 2.45) is 5.73 Å². The first kappa shape index (κ1) is 17.1. The van der Waals surface area contributed by atoms with Crippen molar-refractivity contribution in [1.82, 2.24) is 4.98 Å². The van der Waals surface area contributed by atoms with Gasteiger partial charge in [0, 0.05) is 16.3 Å². The van der Waals surface area contributed by atoms with Gasteiger partial charge >= 0.3 is 6.03 Å². The van der Waals surface area contributed by atoms with E-state index in [4.69, 9.17) is 5.73 Å². The van der Waals surface area contributed by atoms with Gasteiger partial charge in [0.05, 0.1) is 22.0 Å². The summed E-state index contributed by atoms with van der Waals surface area (Å²) in [5, 5.41) is 8.26. The highest BCUT2D eigenvalue weighted by Crippen LogP contribution is 2.31. The number of carbonyl (C=O) groups is 2. The van der Waals surface area contributed by atoms with Gasteiger partial charge in [0.1, 0.15) is 0 Å². The monoisotopic (exact) mass is 372 g/mol. The van der Waals surface area contributed by atoms with Crippen LogP contribution in [0.15, 0.2) is 41.8 Å². The highest BCUT2D eigenvalue weighted by molar-refractivity contribution is 7.15. The standard InChI is InChI=1S/C17H16N4O2S2/c1-10-19-16(13-3-2-8-24-13)14(25-10)9-15(22)20-11-4-6-12(7-5-11)21-17(18)23/h2-8H,9H2,1H3,(H,20,22)(H3,18,21,23). The molecule has 0 saturated heterocycles. The summed E-state index contributed by atoms with van der Waals surface area (Å²) >= 11 is 3.14. The second kappa shape index (κ2) is 7.45. The summed E-state index contributed by atoms with van der Waals surface area (Å²) in [6, 6.07) is 10.1. The van der Waals surface area contributed by atoms with E-state index in [2.05, 4.69) is 15.6 Å². The van der Waals surface area contributed by atoms with E-state index in [1.807, 2.05) is 24.4 Å². The first-order valence-corrected chi connectivity index (χ1v) is 9.17. The fraction of sp³-hybridized carbons (Fsp3) is 0.118. The topological polar surface area (TPSA) is 97.1 Å². The van der Waals surface area contributed by atoms with Crippen LogP contribution < -0.4 is 16.4 Å². The minimum absolute atomic E-state index is 0.114. The van der Waals surface area contributed by atoms with Gasteiger partial charge < -0.3 is 16.4 Å². The lowest BCUT2D eigenvalue weighted by molar-refractivity contribution is -0.115. The molecule has 2 heterocycles. The zero-order valence-corrected chi connectivity index (χ0v) is 15.0. The fourth-order valence-electron chi connectivity index (χ4n) is 2.33. The summed E-state index contributed by atoms with van der Waals surface area (Å²) in [7, 11) is 0. The smallest absolute Gasteiger partial charge is 0.316 e. The molecule has 0 aliphatic carbocycles. The van der Waals surface area contributed by atoms with Crippen LogP contribution in [0.2, 0.25) is 0 Å². The Labute approximate surface area is 152 Å². The van der Waals surface area contributed by atoms with Crippen LogP contribution in [0.25, 0.3) is 10.6 Å². The molecule has 25 heavy (non-hydrogen) atoms. The van der Waals surface area contributed by atoms with Gasteiger partial charge in [0.15, 0.2) is 0 Å². The highest BCUT2D eigenvalue weighted by Gasteiger charge is 2.15. The number of aryl methyl sites for hydroxylation is 1. The maximum absolute atomic E-state index is 12.4. The normalized spacial score (nSPS) is 10.4. The molecular weight excluding hydrogens is 356 g/mol. The number of carbonyl (C=O) groups excluding carboxylic acids is 2. The number of primary amides is 1. The summed E-state index contributed by atoms with van der Waals surface area (Å²) in [4.78, 5) is 29.7. The molecule has 0 aliphatic heterocycles. The number of hydrogen-bond donors (Lipinski definition) is 3. The van der Waals surface area contributed by atoms with Gasteiger partial charge in [-0.05, 0) is 42.6 Å². The minimum atomic E-state index is -0.626. The molecule has 0 aliphatic rings. The Balaban J connectivity index is 1.68. The van der Waals surface area contributed by atoms with E-state index in [1.165, 1.54) is 11.3 Å². The fourth-order valence-corrected chi connectivity index (χ4v) is 4.08. The summed E-state index contributed by atoms with van der Waals surface area (Å²) in [5.74, 6) is -0.114. The number of nitrogens with one attached hydrogen (secondary N) is 2. The van der Waals surface area contributed by atoms with Crippen LogP contribution in [0, 0.1) is 6.92 Å². The first-order valence-electron chi connectivity index (χ1n) is 7.48. The summed E-state index contributed by atoms with van der Waals surface area (Å²) in [6.07, 6.45) is 0.264. The van der Waals surface area contributed by atoms with Crippen LogP contribution in [-0.4, -0.2) is 16.9 Å². The minimum Gasteiger partial charge on any atom is -0.351 e. The summed E-state index contributed by atoms with van der Waals surface area (Å²) < 4.78 is 0. The van der Waals surface area contributed by atoms with Gasteiger partial charge in [0.2, 0.25) is 5.91 Å². The van der Waals surface area contributed by atoms with E-state index in [-0.39, 0.29) is 12.3 Å². The molecule has 8 heteroatoms. The molecule has 3 rings (SSSR count). The number of nitrogens with two attached hydrogens (primary N) is 1. The van der Waals surface area contributed by atoms with Crippen LogP contribution in [0.4, 0.5) is 16.2 Å². The largest absolute Gasteiger partial charge is 0.351 e. The maximum atomic E-state index is 12.4. The third-order valence-corrected chi connectivity index (χ3v) is 5.16. The number of thiazole rings is 1. The van der Waals surface area contributed by atoms with Crippen LogP contribution in [0.1, 0.15) is 9.88 Å². The molecule has 0 spiro atoms. The zero-order valence-electron chi connectivity index (χ0n) is 13.4. The predicted molar refractivity (Wildman–Crippen MR) is 102 cm³/mol. The molecule has 2 aromatic heterocycles. The van der Waals surface area contributed by atoms with Gasteiger partial charge in [-0.15, -0.1) is 22.7 Å². The van der Waals surface area contributed by atoms with E-state index in [9.17, 15) is 9.59 Å². The van der Waals surface area contributed by atoms with Crippen molar-refractivity contribution in [3.63, 3.8) is 0 Å². The number of nitrogens with zero attached hydrogens (tertiary/aromatic N) is 1. The van der Waals surface area contributed by atoms with Crippen molar-refractivity contribution >= 4 is 46.0 Å². The zero-order chi connectivity index (χ0) is 17.8. The third-order valence-electron chi connectivity index (χ3n) is 3.32. The molecule has 1 aromatic carbocycles. The Bertz CT molecular complexity index is 886. The van der Waals surface area contributed by atoms with E-state index in [0.717, 1.165) is 20.5 Å². The average Bonchev–Trinajstić information content (AvgIpc) is 3.18. The molecule has 4 N–H and O–H groups in total. The van der Waals surface area contributed by atoms with E-state index < -0.39 is 6.03 Å². The number of hydrogen-bond acceptors (Lipinski definition) is 5. The number of amides is 3. The van der Waals surface area contributed by atoms with Crippen molar-refractivity contribution in [3.05, 3.63) is 51.7 Å². The van der Waals surface area contributed by atoms with Crippen molar-refractivity contribution in [2.45, 2.75) is 13.3 Å². The Kier molecular flexibility index (Phi) is 5.11. The molecule has 0 radical (unpaired) electrons. The third kappa shape index (κ3) is 4.43. The molecule has 0 atom stereocenters. The quantitative estimate of drug-likeness (QED) is 0.634. The summed E-state index contributed by atoms with van der Waals surface area (Å²) in [6.45, 7) is 1.94. The molecular formula is C17H16N4O2S2. The highest BCUT2D eigenvalue weighted by atomic mass is 32.1. The van der Waals surface area contributed by atoms with Crippen LogP contribution >= 0.6 is 22.7 Å². The van der Waals surface area contributed by atoms with Crippen LogP contribution in [0.5, 0.6) is 0 Å². The Hall–Kier alpha value is -2.71. The van der Waals surface area contributed by atoms with Gasteiger partial charge in [-0.2, -0.15) is 0 Å². The number of rotatable bonds is 5. The Morgan fingerprint density at radius 2 is 1.80 bits per heavy atom. The molecule has 0 bridgehead atoms. The first-order chi connectivity index (χ1) is 12.0. The predicted octanol–water partition coefficient (Wildman–Crippen LogP) is 3.85. The van der Waals surface area contributed by atoms with Crippen molar-refractivity contribution in [3.8, 4) is 10.6 Å². The molecule has 3 amide bonds. The van der Waals surface area contributed by atoms with Gasteiger partial charge in [-0.25, -0.2) is 9.78 Å². The lowest BCUT2D eigenvalue weighted by atomic mass is 10.2. The van der Waals surface area contributed by atoms with E-state index in [1.54, 1.807) is 35.6 Å². The molecule has 0 unspecified atom stereocenters. The molecule has 0 saturated carbocycles. The van der Waals surface area contributed by atoms with Crippen LogP contribution in [0.3, 0.4) is 0 Å². The van der Waals surface area contributed by atoms with Crippen molar-refractivity contribution in [2.75, 3.05) is 10.6 Å². The number of urea groups is 1.